The zero-order valence-corrected chi connectivity index (χ0v) is 11.3. The largest absolute Gasteiger partial charge is 0.381 e. The van der Waals surface area contributed by atoms with Gasteiger partial charge < -0.3 is 9.88 Å². The highest BCUT2D eigenvalue weighted by molar-refractivity contribution is 7.98. The Labute approximate surface area is 111 Å². The van der Waals surface area contributed by atoms with Gasteiger partial charge in [0, 0.05) is 30.4 Å². The molecular weight excluding hydrogens is 242 g/mol. The lowest BCUT2D eigenvalue weighted by Crippen LogP contribution is -1.97. The lowest BCUT2D eigenvalue weighted by molar-refractivity contribution is 0.902. The number of aromatic nitrogens is 1. The smallest absolute Gasteiger partial charge is 0.120 e. The van der Waals surface area contributed by atoms with Gasteiger partial charge in [-0.1, -0.05) is 0 Å². The quantitative estimate of drug-likeness (QED) is 0.855. The van der Waals surface area contributed by atoms with Crippen molar-refractivity contribution in [3.8, 4) is 6.07 Å². The van der Waals surface area contributed by atoms with Gasteiger partial charge in [0.05, 0.1) is 0 Å². The van der Waals surface area contributed by atoms with E-state index in [9.17, 15) is 0 Å². The van der Waals surface area contributed by atoms with Crippen molar-refractivity contribution in [2.75, 3.05) is 11.6 Å². The zero-order chi connectivity index (χ0) is 13.0. The van der Waals surface area contributed by atoms with Gasteiger partial charge in [0.15, 0.2) is 0 Å². The molecule has 0 spiro atoms. The lowest BCUT2D eigenvalue weighted by atomic mass is 10.3. The summed E-state index contributed by atoms with van der Waals surface area (Å²) in [5, 5.41) is 12.2. The maximum Gasteiger partial charge on any atom is 0.120 e. The Kier molecular flexibility index (Phi) is 3.96. The topological polar surface area (TPSA) is 40.8 Å². The van der Waals surface area contributed by atoms with Gasteiger partial charge in [0.2, 0.25) is 0 Å². The second-order valence-corrected chi connectivity index (χ2v) is 4.92. The van der Waals surface area contributed by atoms with E-state index in [2.05, 4.69) is 41.9 Å². The molecule has 0 radical (unpaired) electrons. The van der Waals surface area contributed by atoms with Crippen LogP contribution in [0.4, 0.5) is 5.69 Å². The molecule has 1 N–H and O–H groups in total. The summed E-state index contributed by atoms with van der Waals surface area (Å²) < 4.78 is 1.84. The number of nitrogens with one attached hydrogen (secondary N) is 1. The molecule has 0 aliphatic carbocycles. The Morgan fingerprint density at radius 2 is 2.06 bits per heavy atom. The monoisotopic (exact) mass is 257 g/mol. The number of nitrogens with zero attached hydrogens (tertiary/aromatic N) is 2. The number of nitriles is 1. The molecule has 1 aromatic heterocycles. The van der Waals surface area contributed by atoms with E-state index >= 15 is 0 Å². The van der Waals surface area contributed by atoms with E-state index in [1.165, 1.54) is 4.90 Å². The number of rotatable bonds is 4. The minimum Gasteiger partial charge on any atom is -0.381 e. The molecule has 0 amide bonds. The summed E-state index contributed by atoms with van der Waals surface area (Å²) in [5.74, 6) is 0. The molecule has 0 aliphatic heterocycles. The zero-order valence-electron chi connectivity index (χ0n) is 10.5. The van der Waals surface area contributed by atoms with Gasteiger partial charge >= 0.3 is 0 Å². The number of hydrogen-bond acceptors (Lipinski definition) is 3. The average molecular weight is 257 g/mol. The van der Waals surface area contributed by atoms with E-state index in [-0.39, 0.29) is 0 Å². The van der Waals surface area contributed by atoms with E-state index in [1.54, 1.807) is 11.8 Å². The molecule has 0 unspecified atom stereocenters. The van der Waals surface area contributed by atoms with E-state index in [0.29, 0.717) is 5.69 Å². The predicted molar refractivity (Wildman–Crippen MR) is 75.7 cm³/mol. The Balaban J connectivity index is 2.00. The van der Waals surface area contributed by atoms with Crippen LogP contribution < -0.4 is 5.32 Å². The molecule has 0 atom stereocenters. The number of thioether (sulfide) groups is 1. The third-order valence-corrected chi connectivity index (χ3v) is 3.51. The summed E-state index contributed by atoms with van der Waals surface area (Å²) in [6.07, 6.45) is 4.04. The van der Waals surface area contributed by atoms with Crippen LogP contribution in [0, 0.1) is 11.3 Å². The number of benzene rings is 1. The molecule has 3 nitrogen and oxygen atoms in total. The van der Waals surface area contributed by atoms with Crippen molar-refractivity contribution in [1.29, 1.82) is 5.26 Å². The molecule has 0 bridgehead atoms. The average Bonchev–Trinajstić information content (AvgIpc) is 2.77. The molecule has 1 heterocycles. The van der Waals surface area contributed by atoms with Gasteiger partial charge in [0.1, 0.15) is 11.8 Å². The van der Waals surface area contributed by atoms with Crippen molar-refractivity contribution >= 4 is 17.4 Å². The summed E-state index contributed by atoms with van der Waals surface area (Å²) in [7, 11) is 1.88. The molecule has 2 rings (SSSR count). The van der Waals surface area contributed by atoms with Crippen molar-refractivity contribution in [2.45, 2.75) is 11.4 Å². The SMILES string of the molecule is CSc1ccc(NCc2cc(C#N)n(C)c2)cc1. The highest BCUT2D eigenvalue weighted by Gasteiger charge is 2.01. The lowest BCUT2D eigenvalue weighted by Gasteiger charge is -2.05. The van der Waals surface area contributed by atoms with E-state index in [0.717, 1.165) is 17.8 Å². The first-order valence-electron chi connectivity index (χ1n) is 5.66. The third-order valence-electron chi connectivity index (χ3n) is 2.76. The van der Waals surface area contributed by atoms with Crippen LogP contribution >= 0.6 is 11.8 Å². The van der Waals surface area contributed by atoms with E-state index < -0.39 is 0 Å². The Morgan fingerprint density at radius 1 is 1.33 bits per heavy atom. The maximum atomic E-state index is 8.88. The normalized spacial score (nSPS) is 10.1. The molecule has 18 heavy (non-hydrogen) atoms. The van der Waals surface area contributed by atoms with Crippen LogP contribution in [0.1, 0.15) is 11.3 Å². The van der Waals surface area contributed by atoms with Crippen molar-refractivity contribution in [3.63, 3.8) is 0 Å². The molecule has 2 aromatic rings. The van der Waals surface area contributed by atoms with Crippen LogP contribution in [0.2, 0.25) is 0 Å². The van der Waals surface area contributed by atoms with Crippen LogP contribution in [0.25, 0.3) is 0 Å². The fourth-order valence-corrected chi connectivity index (χ4v) is 2.16. The molecule has 0 aliphatic rings. The van der Waals surface area contributed by atoms with Gasteiger partial charge in [0.25, 0.3) is 0 Å². The summed E-state index contributed by atoms with van der Waals surface area (Å²) >= 11 is 1.73. The van der Waals surface area contributed by atoms with Crippen molar-refractivity contribution in [2.24, 2.45) is 7.05 Å². The number of aryl methyl sites for hydroxylation is 1. The maximum absolute atomic E-state index is 8.88. The number of anilines is 1. The molecule has 0 fully saturated rings. The van der Waals surface area contributed by atoms with Gasteiger partial charge in [-0.3, -0.25) is 0 Å². The first-order valence-corrected chi connectivity index (χ1v) is 6.88. The first kappa shape index (κ1) is 12.6. The minimum absolute atomic E-state index is 0.685. The summed E-state index contributed by atoms with van der Waals surface area (Å²) in [6.45, 7) is 0.730. The van der Waals surface area contributed by atoms with E-state index in [1.807, 2.05) is 23.9 Å². The van der Waals surface area contributed by atoms with E-state index in [4.69, 9.17) is 5.26 Å². The van der Waals surface area contributed by atoms with Crippen molar-refractivity contribution in [1.82, 2.24) is 4.57 Å². The second kappa shape index (κ2) is 5.65. The van der Waals surface area contributed by atoms with Crippen LogP contribution in [0.3, 0.4) is 0 Å². The summed E-state index contributed by atoms with van der Waals surface area (Å²) in [4.78, 5) is 1.26. The fourth-order valence-electron chi connectivity index (χ4n) is 1.75. The predicted octanol–water partition coefficient (Wildman–Crippen LogP) is 3.23. The van der Waals surface area contributed by atoms with Gasteiger partial charge in [-0.05, 0) is 42.2 Å². The van der Waals surface area contributed by atoms with Crippen molar-refractivity contribution < 1.29 is 0 Å². The molecule has 0 saturated carbocycles. The molecule has 92 valence electrons. The second-order valence-electron chi connectivity index (χ2n) is 4.04. The molecular formula is C14H15N3S. The Morgan fingerprint density at radius 3 is 2.61 bits per heavy atom. The van der Waals surface area contributed by atoms with Gasteiger partial charge in [-0.15, -0.1) is 11.8 Å². The van der Waals surface area contributed by atoms with Crippen LogP contribution in [0.5, 0.6) is 0 Å². The number of hydrogen-bond donors (Lipinski definition) is 1. The van der Waals surface area contributed by atoms with Crippen LogP contribution in [-0.4, -0.2) is 10.8 Å². The standard InChI is InChI=1S/C14H15N3S/c1-17-10-11(7-13(17)8-15)9-16-12-3-5-14(18-2)6-4-12/h3-7,10,16H,9H2,1-2H3. The van der Waals surface area contributed by atoms with Crippen LogP contribution in [-0.2, 0) is 13.6 Å². The first-order chi connectivity index (χ1) is 8.72. The third kappa shape index (κ3) is 2.88. The highest BCUT2D eigenvalue weighted by atomic mass is 32.2. The van der Waals surface area contributed by atoms with Crippen LogP contribution in [0.15, 0.2) is 41.4 Å². The van der Waals surface area contributed by atoms with Crippen molar-refractivity contribution in [3.05, 3.63) is 47.8 Å². The summed E-state index contributed by atoms with van der Waals surface area (Å²) in [5.41, 5.74) is 2.89. The molecule has 0 saturated heterocycles. The fraction of sp³-hybridized carbons (Fsp3) is 0.214. The highest BCUT2D eigenvalue weighted by Crippen LogP contribution is 2.18. The molecule has 4 heteroatoms. The minimum atomic E-state index is 0.685. The summed E-state index contributed by atoms with van der Waals surface area (Å²) in [6, 6.07) is 12.4. The Hall–Kier alpha value is -1.86. The Bertz CT molecular complexity index is 564. The molecule has 1 aromatic carbocycles. The van der Waals surface area contributed by atoms with Gasteiger partial charge in [-0.25, -0.2) is 0 Å². The van der Waals surface area contributed by atoms with Gasteiger partial charge in [-0.2, -0.15) is 5.26 Å².